The summed E-state index contributed by atoms with van der Waals surface area (Å²) in [5.74, 6) is 0.601. The first-order chi connectivity index (χ1) is 14.0. The van der Waals surface area contributed by atoms with Crippen LogP contribution in [0.1, 0.15) is 120 Å². The first-order valence-electron chi connectivity index (χ1n) is 12.2. The van der Waals surface area contributed by atoms with E-state index in [0.29, 0.717) is 38.0 Å². The van der Waals surface area contributed by atoms with Gasteiger partial charge in [0.05, 0.1) is 6.04 Å². The Balaban J connectivity index is 4.02. The molecule has 0 saturated carbocycles. The van der Waals surface area contributed by atoms with E-state index in [1.165, 1.54) is 0 Å². The molecular formula is C26H50N2O3. The number of ketones is 2. The number of unbranched alkanes of at least 4 members (excludes halogenated alkanes) is 4. The van der Waals surface area contributed by atoms with Gasteiger partial charge in [-0.15, -0.1) is 0 Å². The quantitative estimate of drug-likeness (QED) is 0.346. The van der Waals surface area contributed by atoms with Crippen LogP contribution in [0, 0.1) is 10.8 Å². The fraction of sp³-hybridized carbons (Fsp3) is 0.885. The number of hydrogen-bond donors (Lipinski definition) is 2. The molecule has 2 N–H and O–H groups in total. The largest absolute Gasteiger partial charge is 0.356 e. The minimum Gasteiger partial charge on any atom is -0.356 e. The van der Waals surface area contributed by atoms with Crippen molar-refractivity contribution in [3.8, 4) is 0 Å². The van der Waals surface area contributed by atoms with E-state index in [9.17, 15) is 14.4 Å². The molecule has 0 aliphatic rings. The maximum atomic E-state index is 12.7. The molecule has 182 valence electrons. The van der Waals surface area contributed by atoms with Crippen molar-refractivity contribution in [3.63, 3.8) is 0 Å². The maximum absolute atomic E-state index is 12.7. The Hall–Kier alpha value is -1.23. The predicted molar refractivity (Wildman–Crippen MR) is 130 cm³/mol. The molecule has 0 aromatic carbocycles. The number of nitrogens with one attached hydrogen (secondary N) is 2. The number of carbonyl (C=O) groups excluding carboxylic acids is 3. The van der Waals surface area contributed by atoms with Crippen LogP contribution in [-0.4, -0.2) is 35.6 Å². The lowest BCUT2D eigenvalue weighted by atomic mass is 9.84. The van der Waals surface area contributed by atoms with E-state index < -0.39 is 5.41 Å². The second kappa shape index (κ2) is 13.3. The zero-order valence-corrected chi connectivity index (χ0v) is 21.9. The second-order valence-corrected chi connectivity index (χ2v) is 12.0. The van der Waals surface area contributed by atoms with Gasteiger partial charge in [-0.25, -0.2) is 0 Å². The van der Waals surface area contributed by atoms with Crippen molar-refractivity contribution in [1.29, 1.82) is 0 Å². The smallest absolute Gasteiger partial charge is 0.219 e. The van der Waals surface area contributed by atoms with Crippen molar-refractivity contribution in [3.05, 3.63) is 0 Å². The van der Waals surface area contributed by atoms with Gasteiger partial charge in [0, 0.05) is 35.8 Å². The summed E-state index contributed by atoms with van der Waals surface area (Å²) in [5.41, 5.74) is -0.772. The molecule has 5 heteroatoms. The van der Waals surface area contributed by atoms with Crippen LogP contribution in [-0.2, 0) is 14.4 Å². The molecular weight excluding hydrogens is 388 g/mol. The summed E-state index contributed by atoms with van der Waals surface area (Å²) in [6, 6.07) is -0.224. The number of amides is 1. The zero-order chi connectivity index (χ0) is 24.3. The summed E-state index contributed by atoms with van der Waals surface area (Å²) in [4.78, 5) is 36.8. The molecule has 0 radical (unpaired) electrons. The van der Waals surface area contributed by atoms with Gasteiger partial charge < -0.3 is 10.6 Å². The Labute approximate surface area is 191 Å². The number of carbonyl (C=O) groups is 3. The number of hydrogen-bond acceptors (Lipinski definition) is 4. The molecule has 1 amide bonds. The van der Waals surface area contributed by atoms with Crippen molar-refractivity contribution in [2.45, 2.75) is 132 Å². The molecule has 31 heavy (non-hydrogen) atoms. The van der Waals surface area contributed by atoms with E-state index >= 15 is 0 Å². The lowest BCUT2D eigenvalue weighted by Gasteiger charge is -2.31. The van der Waals surface area contributed by atoms with Crippen LogP contribution in [0.15, 0.2) is 0 Å². The summed E-state index contributed by atoms with van der Waals surface area (Å²) in [5, 5.41) is 6.42. The van der Waals surface area contributed by atoms with E-state index in [2.05, 4.69) is 31.4 Å². The van der Waals surface area contributed by atoms with Crippen molar-refractivity contribution in [2.75, 3.05) is 6.54 Å². The van der Waals surface area contributed by atoms with Crippen LogP contribution in [0.3, 0.4) is 0 Å². The Bertz CT molecular complexity index is 563. The normalized spacial score (nSPS) is 13.7. The van der Waals surface area contributed by atoms with Crippen LogP contribution in [0.5, 0.6) is 0 Å². The minimum absolute atomic E-state index is 0.0634. The Kier molecular flexibility index (Phi) is 12.8. The van der Waals surface area contributed by atoms with E-state index in [4.69, 9.17) is 0 Å². The molecule has 0 aliphatic heterocycles. The fourth-order valence-electron chi connectivity index (χ4n) is 3.41. The Morgan fingerprint density at radius 2 is 1.23 bits per heavy atom. The van der Waals surface area contributed by atoms with Crippen LogP contribution in [0.2, 0.25) is 0 Å². The summed E-state index contributed by atoms with van der Waals surface area (Å²) in [6.07, 6.45) is 7.66. The van der Waals surface area contributed by atoms with Crippen molar-refractivity contribution >= 4 is 17.5 Å². The highest BCUT2D eigenvalue weighted by atomic mass is 16.1. The lowest BCUT2D eigenvalue weighted by molar-refractivity contribution is -0.129. The summed E-state index contributed by atoms with van der Waals surface area (Å²) >= 11 is 0. The third kappa shape index (κ3) is 15.2. The highest BCUT2D eigenvalue weighted by Gasteiger charge is 2.31. The van der Waals surface area contributed by atoms with Gasteiger partial charge in [0.15, 0.2) is 5.78 Å². The molecule has 0 aromatic rings. The molecule has 0 saturated heterocycles. The van der Waals surface area contributed by atoms with Crippen molar-refractivity contribution < 1.29 is 14.4 Å². The standard InChI is InChI=1S/C26H50N2O3/c1-24(2,3)21(29)17-13-11-10-12-14-19-27-22(30)18-15-16-20(28-26(7,8)9)23(31)25(4,5)6/h20,28H,10-19H2,1-9H3,(H,27,30). The third-order valence-corrected chi connectivity index (χ3v) is 5.30. The van der Waals surface area contributed by atoms with Gasteiger partial charge in [0.1, 0.15) is 5.78 Å². The van der Waals surface area contributed by atoms with Crippen LogP contribution in [0.4, 0.5) is 0 Å². The molecule has 0 rings (SSSR count). The van der Waals surface area contributed by atoms with Crippen LogP contribution >= 0.6 is 0 Å². The van der Waals surface area contributed by atoms with Gasteiger partial charge in [-0.05, 0) is 46.5 Å². The molecule has 5 nitrogen and oxygen atoms in total. The van der Waals surface area contributed by atoms with E-state index in [1.54, 1.807) is 0 Å². The summed E-state index contributed by atoms with van der Waals surface area (Å²) in [7, 11) is 0. The molecule has 0 heterocycles. The Morgan fingerprint density at radius 1 is 0.677 bits per heavy atom. The monoisotopic (exact) mass is 438 g/mol. The van der Waals surface area contributed by atoms with Gasteiger partial charge in [0.25, 0.3) is 0 Å². The maximum Gasteiger partial charge on any atom is 0.219 e. The van der Waals surface area contributed by atoms with Gasteiger partial charge in [0.2, 0.25) is 5.91 Å². The van der Waals surface area contributed by atoms with Crippen LogP contribution in [0.25, 0.3) is 0 Å². The zero-order valence-electron chi connectivity index (χ0n) is 21.9. The molecule has 0 aromatic heterocycles. The molecule has 0 aliphatic carbocycles. The molecule has 0 fully saturated rings. The number of rotatable bonds is 14. The summed E-state index contributed by atoms with van der Waals surface area (Å²) < 4.78 is 0. The topological polar surface area (TPSA) is 75.3 Å². The average molecular weight is 439 g/mol. The van der Waals surface area contributed by atoms with Crippen molar-refractivity contribution in [2.24, 2.45) is 10.8 Å². The predicted octanol–water partition coefficient (Wildman–Crippen LogP) is 5.60. The van der Waals surface area contributed by atoms with Crippen molar-refractivity contribution in [1.82, 2.24) is 10.6 Å². The van der Waals surface area contributed by atoms with E-state index in [1.807, 2.05) is 41.5 Å². The molecule has 0 spiro atoms. The van der Waals surface area contributed by atoms with Crippen LogP contribution < -0.4 is 10.6 Å². The van der Waals surface area contributed by atoms with Gasteiger partial charge in [-0.1, -0.05) is 60.8 Å². The highest BCUT2D eigenvalue weighted by Crippen LogP contribution is 2.21. The highest BCUT2D eigenvalue weighted by molar-refractivity contribution is 5.88. The van der Waals surface area contributed by atoms with E-state index in [-0.39, 0.29) is 28.7 Å². The molecule has 1 atom stereocenters. The second-order valence-electron chi connectivity index (χ2n) is 12.0. The number of Topliss-reactive ketones (excluding diaryl/α,β-unsaturated/α-hetero) is 2. The fourth-order valence-corrected chi connectivity index (χ4v) is 3.41. The summed E-state index contributed by atoms with van der Waals surface area (Å²) in [6.45, 7) is 18.6. The Morgan fingerprint density at radius 3 is 1.74 bits per heavy atom. The average Bonchev–Trinajstić information content (AvgIpc) is 2.59. The lowest BCUT2D eigenvalue weighted by Crippen LogP contribution is -2.50. The van der Waals surface area contributed by atoms with E-state index in [0.717, 1.165) is 32.1 Å². The van der Waals surface area contributed by atoms with Gasteiger partial charge in [-0.2, -0.15) is 0 Å². The SMILES string of the molecule is CC(C)(C)NC(CCCC(=O)NCCCCCCCC(=O)C(C)(C)C)C(=O)C(C)(C)C. The molecule has 0 bridgehead atoms. The van der Waals surface area contributed by atoms with Gasteiger partial charge in [-0.3, -0.25) is 14.4 Å². The molecule has 1 unspecified atom stereocenters. The third-order valence-electron chi connectivity index (χ3n) is 5.30. The first-order valence-corrected chi connectivity index (χ1v) is 12.2. The first kappa shape index (κ1) is 29.8. The minimum atomic E-state index is -0.398. The van der Waals surface area contributed by atoms with Gasteiger partial charge >= 0.3 is 0 Å².